The highest BCUT2D eigenvalue weighted by Gasteiger charge is 2.26. The minimum absolute atomic E-state index is 0.141. The Labute approximate surface area is 118 Å². The SMILES string of the molecule is CCNC(=NCC1CCCN1CC)NCCC(F)(F)F. The van der Waals surface area contributed by atoms with Gasteiger partial charge in [0.15, 0.2) is 5.96 Å². The molecule has 0 aromatic carbocycles. The molecule has 2 N–H and O–H groups in total. The van der Waals surface area contributed by atoms with Gasteiger partial charge in [0.05, 0.1) is 13.0 Å². The van der Waals surface area contributed by atoms with Crippen LogP contribution in [0.25, 0.3) is 0 Å². The Morgan fingerprint density at radius 1 is 1.30 bits per heavy atom. The number of rotatable bonds is 6. The smallest absolute Gasteiger partial charge is 0.357 e. The molecule has 0 radical (unpaired) electrons. The maximum atomic E-state index is 12.1. The summed E-state index contributed by atoms with van der Waals surface area (Å²) in [6.07, 6.45) is -2.69. The van der Waals surface area contributed by atoms with Gasteiger partial charge >= 0.3 is 6.18 Å². The molecule has 1 saturated heterocycles. The van der Waals surface area contributed by atoms with Crippen molar-refractivity contribution >= 4 is 5.96 Å². The van der Waals surface area contributed by atoms with E-state index in [1.807, 2.05) is 6.92 Å². The summed E-state index contributed by atoms with van der Waals surface area (Å²) in [4.78, 5) is 6.76. The van der Waals surface area contributed by atoms with Crippen LogP contribution in [-0.2, 0) is 0 Å². The Morgan fingerprint density at radius 3 is 2.65 bits per heavy atom. The van der Waals surface area contributed by atoms with Crippen molar-refractivity contribution in [3.63, 3.8) is 0 Å². The lowest BCUT2D eigenvalue weighted by molar-refractivity contribution is -0.132. The van der Waals surface area contributed by atoms with Crippen LogP contribution in [-0.4, -0.2) is 55.8 Å². The molecule has 118 valence electrons. The highest BCUT2D eigenvalue weighted by atomic mass is 19.4. The Morgan fingerprint density at radius 2 is 2.05 bits per heavy atom. The molecule has 0 spiro atoms. The number of likely N-dealkylation sites (N-methyl/N-ethyl adjacent to an activating group) is 1. The lowest BCUT2D eigenvalue weighted by Crippen LogP contribution is -2.40. The first-order valence-electron chi connectivity index (χ1n) is 7.29. The summed E-state index contributed by atoms with van der Waals surface area (Å²) < 4.78 is 36.3. The maximum absolute atomic E-state index is 12.1. The molecule has 1 aliphatic rings. The summed E-state index contributed by atoms with van der Waals surface area (Å²) in [5.41, 5.74) is 0. The number of likely N-dealkylation sites (tertiary alicyclic amines) is 1. The van der Waals surface area contributed by atoms with E-state index in [-0.39, 0.29) is 6.54 Å². The summed E-state index contributed by atoms with van der Waals surface area (Å²) in [7, 11) is 0. The van der Waals surface area contributed by atoms with Gasteiger partial charge in [0.25, 0.3) is 0 Å². The number of guanidine groups is 1. The predicted molar refractivity (Wildman–Crippen MR) is 74.9 cm³/mol. The van der Waals surface area contributed by atoms with Gasteiger partial charge in [-0.05, 0) is 32.9 Å². The Kier molecular flexibility index (Phi) is 7.12. The molecule has 0 aliphatic carbocycles. The van der Waals surface area contributed by atoms with Gasteiger partial charge in [0.1, 0.15) is 0 Å². The fourth-order valence-electron chi connectivity index (χ4n) is 2.38. The van der Waals surface area contributed by atoms with Gasteiger partial charge in [-0.15, -0.1) is 0 Å². The molecule has 0 saturated carbocycles. The Balaban J connectivity index is 2.41. The predicted octanol–water partition coefficient (Wildman–Crippen LogP) is 1.98. The fourth-order valence-corrected chi connectivity index (χ4v) is 2.38. The fraction of sp³-hybridized carbons (Fsp3) is 0.923. The van der Waals surface area contributed by atoms with E-state index < -0.39 is 12.6 Å². The zero-order chi connectivity index (χ0) is 15.0. The standard InChI is InChI=1S/C13H25F3N4/c1-3-17-12(18-8-7-13(14,15)16)19-10-11-6-5-9-20(11)4-2/h11H,3-10H2,1-2H3,(H2,17,18,19). The third-order valence-electron chi connectivity index (χ3n) is 3.41. The van der Waals surface area contributed by atoms with Crippen molar-refractivity contribution in [2.75, 3.05) is 32.7 Å². The van der Waals surface area contributed by atoms with Crippen LogP contribution in [0.3, 0.4) is 0 Å². The van der Waals surface area contributed by atoms with Gasteiger partial charge in [0.2, 0.25) is 0 Å². The van der Waals surface area contributed by atoms with Crippen molar-refractivity contribution in [3.05, 3.63) is 0 Å². The second-order valence-electron chi connectivity index (χ2n) is 4.94. The molecule has 1 rings (SSSR count). The summed E-state index contributed by atoms with van der Waals surface area (Å²) >= 11 is 0. The third kappa shape index (κ3) is 6.45. The van der Waals surface area contributed by atoms with Crippen molar-refractivity contribution in [2.24, 2.45) is 4.99 Å². The minimum atomic E-state index is -4.13. The first-order chi connectivity index (χ1) is 9.46. The van der Waals surface area contributed by atoms with Crippen molar-refractivity contribution in [1.82, 2.24) is 15.5 Å². The van der Waals surface area contributed by atoms with E-state index in [1.165, 1.54) is 6.42 Å². The zero-order valence-corrected chi connectivity index (χ0v) is 12.3. The van der Waals surface area contributed by atoms with Crippen molar-refractivity contribution < 1.29 is 13.2 Å². The van der Waals surface area contributed by atoms with Gasteiger partial charge in [-0.3, -0.25) is 9.89 Å². The molecule has 1 fully saturated rings. The molecule has 1 unspecified atom stereocenters. The normalized spacial score (nSPS) is 21.2. The highest BCUT2D eigenvalue weighted by molar-refractivity contribution is 5.79. The Hall–Kier alpha value is -0.980. The number of halogens is 3. The van der Waals surface area contributed by atoms with Gasteiger partial charge in [0, 0.05) is 19.1 Å². The van der Waals surface area contributed by atoms with Crippen LogP contribution in [0.4, 0.5) is 13.2 Å². The van der Waals surface area contributed by atoms with E-state index in [0.29, 0.717) is 25.1 Å². The number of hydrogen-bond donors (Lipinski definition) is 2. The van der Waals surface area contributed by atoms with E-state index in [1.54, 1.807) is 0 Å². The van der Waals surface area contributed by atoms with Crippen LogP contribution in [0.15, 0.2) is 4.99 Å². The summed E-state index contributed by atoms with van der Waals surface area (Å²) in [6.45, 7) is 7.24. The maximum Gasteiger partial charge on any atom is 0.390 e. The quantitative estimate of drug-likeness (QED) is 0.581. The summed E-state index contributed by atoms with van der Waals surface area (Å²) in [5.74, 6) is 0.472. The molecule has 0 aromatic rings. The van der Waals surface area contributed by atoms with Crippen LogP contribution in [0.2, 0.25) is 0 Å². The van der Waals surface area contributed by atoms with E-state index in [0.717, 1.165) is 19.5 Å². The van der Waals surface area contributed by atoms with Crippen molar-refractivity contribution in [1.29, 1.82) is 0 Å². The van der Waals surface area contributed by atoms with Crippen LogP contribution in [0, 0.1) is 0 Å². The lowest BCUT2D eigenvalue weighted by Gasteiger charge is -2.21. The third-order valence-corrected chi connectivity index (χ3v) is 3.41. The minimum Gasteiger partial charge on any atom is -0.357 e. The van der Waals surface area contributed by atoms with Gasteiger partial charge in [-0.25, -0.2) is 0 Å². The average molecular weight is 294 g/mol. The molecule has 0 bridgehead atoms. The first-order valence-corrected chi connectivity index (χ1v) is 7.29. The monoisotopic (exact) mass is 294 g/mol. The number of aliphatic imine (C=N–C) groups is 1. The van der Waals surface area contributed by atoms with Gasteiger partial charge < -0.3 is 10.6 Å². The van der Waals surface area contributed by atoms with E-state index in [4.69, 9.17) is 0 Å². The molecule has 1 atom stereocenters. The molecule has 1 heterocycles. The second-order valence-corrected chi connectivity index (χ2v) is 4.94. The van der Waals surface area contributed by atoms with Crippen LogP contribution < -0.4 is 10.6 Å². The van der Waals surface area contributed by atoms with Crippen LogP contribution in [0.1, 0.15) is 33.1 Å². The van der Waals surface area contributed by atoms with Crippen LogP contribution >= 0.6 is 0 Å². The van der Waals surface area contributed by atoms with Gasteiger partial charge in [-0.1, -0.05) is 6.92 Å². The second kappa shape index (κ2) is 8.34. The topological polar surface area (TPSA) is 39.7 Å². The van der Waals surface area contributed by atoms with E-state index in [9.17, 15) is 13.2 Å². The summed E-state index contributed by atoms with van der Waals surface area (Å²) in [5, 5.41) is 5.71. The number of nitrogens with zero attached hydrogens (tertiary/aromatic N) is 2. The number of alkyl halides is 3. The lowest BCUT2D eigenvalue weighted by atomic mass is 10.2. The molecular weight excluding hydrogens is 269 g/mol. The molecule has 20 heavy (non-hydrogen) atoms. The molecule has 0 aromatic heterocycles. The summed E-state index contributed by atoms with van der Waals surface area (Å²) in [6, 6.07) is 0.415. The van der Waals surface area contributed by atoms with Gasteiger partial charge in [-0.2, -0.15) is 13.2 Å². The molecule has 1 aliphatic heterocycles. The van der Waals surface area contributed by atoms with Crippen molar-refractivity contribution in [3.8, 4) is 0 Å². The number of hydrogen-bond acceptors (Lipinski definition) is 2. The molecule has 0 amide bonds. The number of nitrogens with one attached hydrogen (secondary N) is 2. The molecular formula is C13H25F3N4. The highest BCUT2D eigenvalue weighted by Crippen LogP contribution is 2.18. The van der Waals surface area contributed by atoms with E-state index in [2.05, 4.69) is 27.4 Å². The molecule has 7 heteroatoms. The van der Waals surface area contributed by atoms with E-state index >= 15 is 0 Å². The van der Waals surface area contributed by atoms with Crippen molar-refractivity contribution in [2.45, 2.75) is 45.3 Å². The van der Waals surface area contributed by atoms with Crippen LogP contribution in [0.5, 0.6) is 0 Å². The molecule has 4 nitrogen and oxygen atoms in total. The first kappa shape index (κ1) is 17.1. The largest absolute Gasteiger partial charge is 0.390 e. The average Bonchev–Trinajstić information content (AvgIpc) is 2.81. The zero-order valence-electron chi connectivity index (χ0n) is 12.3. The Bertz CT molecular complexity index is 304.